The standard InChI is InChI=1S/C12H8N2O2/c15-11-7-3-5-9-12(11)14(16)10-6-2-1-4-8(10)13-9/h1-7,15H. The summed E-state index contributed by atoms with van der Waals surface area (Å²) < 4.78 is 0.715. The van der Waals surface area contributed by atoms with Gasteiger partial charge in [0.15, 0.2) is 5.75 Å². The van der Waals surface area contributed by atoms with E-state index in [2.05, 4.69) is 4.98 Å². The number of para-hydroxylation sites is 3. The number of aromatic hydroxyl groups is 1. The topological polar surface area (TPSA) is 60.1 Å². The normalized spacial score (nSPS) is 11.0. The van der Waals surface area contributed by atoms with E-state index in [0.29, 0.717) is 21.3 Å². The number of hydrogen-bond donors (Lipinski definition) is 1. The molecule has 3 rings (SSSR count). The van der Waals surface area contributed by atoms with E-state index in [-0.39, 0.29) is 11.3 Å². The van der Waals surface area contributed by atoms with Crippen molar-refractivity contribution in [3.05, 3.63) is 47.7 Å². The molecule has 0 unspecified atom stereocenters. The van der Waals surface area contributed by atoms with Gasteiger partial charge in [0.2, 0.25) is 5.52 Å². The first kappa shape index (κ1) is 8.91. The molecule has 78 valence electrons. The van der Waals surface area contributed by atoms with Crippen molar-refractivity contribution in [1.29, 1.82) is 0 Å². The van der Waals surface area contributed by atoms with Gasteiger partial charge in [-0.05, 0) is 18.2 Å². The van der Waals surface area contributed by atoms with Gasteiger partial charge in [0.05, 0.1) is 0 Å². The van der Waals surface area contributed by atoms with Gasteiger partial charge < -0.3 is 10.3 Å². The summed E-state index contributed by atoms with van der Waals surface area (Å²) in [6.07, 6.45) is 0. The van der Waals surface area contributed by atoms with Crippen LogP contribution in [0.2, 0.25) is 0 Å². The fraction of sp³-hybridized carbons (Fsp3) is 0. The summed E-state index contributed by atoms with van der Waals surface area (Å²) in [6, 6.07) is 11.9. The number of rotatable bonds is 0. The zero-order chi connectivity index (χ0) is 11.1. The Balaban J connectivity index is 2.62. The van der Waals surface area contributed by atoms with Gasteiger partial charge in [-0.25, -0.2) is 4.98 Å². The third-order valence-corrected chi connectivity index (χ3v) is 2.54. The van der Waals surface area contributed by atoms with Gasteiger partial charge in [-0.2, -0.15) is 4.73 Å². The highest BCUT2D eigenvalue weighted by Gasteiger charge is 2.14. The maximum Gasteiger partial charge on any atom is 0.285 e. The zero-order valence-corrected chi connectivity index (χ0v) is 8.29. The van der Waals surface area contributed by atoms with Crippen molar-refractivity contribution in [2.45, 2.75) is 0 Å². The van der Waals surface area contributed by atoms with Crippen LogP contribution in [-0.4, -0.2) is 10.1 Å². The lowest BCUT2D eigenvalue weighted by molar-refractivity contribution is -0.548. The molecule has 2 aromatic carbocycles. The van der Waals surface area contributed by atoms with Gasteiger partial charge in [0.1, 0.15) is 11.0 Å². The van der Waals surface area contributed by atoms with Crippen molar-refractivity contribution in [3.8, 4) is 5.75 Å². The molecule has 0 aliphatic carbocycles. The molecule has 0 aliphatic heterocycles. The van der Waals surface area contributed by atoms with Gasteiger partial charge in [-0.3, -0.25) is 0 Å². The van der Waals surface area contributed by atoms with Gasteiger partial charge >= 0.3 is 0 Å². The van der Waals surface area contributed by atoms with Crippen LogP contribution in [0.3, 0.4) is 0 Å². The van der Waals surface area contributed by atoms with E-state index < -0.39 is 0 Å². The summed E-state index contributed by atoms with van der Waals surface area (Å²) in [5.74, 6) is -0.0502. The van der Waals surface area contributed by atoms with Crippen LogP contribution in [0.4, 0.5) is 0 Å². The summed E-state index contributed by atoms with van der Waals surface area (Å²) in [6.45, 7) is 0. The number of fused-ring (bicyclic) bond motifs is 2. The molecule has 0 atom stereocenters. The maximum atomic E-state index is 12.0. The smallest absolute Gasteiger partial charge is 0.285 e. The van der Waals surface area contributed by atoms with E-state index in [1.807, 2.05) is 6.07 Å². The van der Waals surface area contributed by atoms with Crippen LogP contribution in [0.25, 0.3) is 22.1 Å². The van der Waals surface area contributed by atoms with Crippen molar-refractivity contribution >= 4 is 22.1 Å². The second kappa shape index (κ2) is 3.06. The first-order chi connectivity index (χ1) is 7.77. The lowest BCUT2D eigenvalue weighted by Crippen LogP contribution is -2.28. The lowest BCUT2D eigenvalue weighted by Gasteiger charge is -2.05. The highest BCUT2D eigenvalue weighted by molar-refractivity contribution is 5.84. The number of phenolic OH excluding ortho intramolecular Hbond substituents is 1. The van der Waals surface area contributed by atoms with E-state index in [4.69, 9.17) is 0 Å². The van der Waals surface area contributed by atoms with E-state index in [9.17, 15) is 10.3 Å². The summed E-state index contributed by atoms with van der Waals surface area (Å²) in [5.41, 5.74) is 1.78. The van der Waals surface area contributed by atoms with E-state index >= 15 is 0 Å². The van der Waals surface area contributed by atoms with Crippen LogP contribution in [-0.2, 0) is 0 Å². The van der Waals surface area contributed by atoms with Crippen LogP contribution in [0.15, 0.2) is 42.5 Å². The number of hydrogen-bond acceptors (Lipinski definition) is 3. The second-order valence-electron chi connectivity index (χ2n) is 3.54. The molecule has 1 N–H and O–H groups in total. The Hall–Kier alpha value is -2.36. The Morgan fingerprint density at radius 2 is 1.75 bits per heavy atom. The van der Waals surface area contributed by atoms with Gasteiger partial charge in [-0.15, -0.1) is 0 Å². The van der Waals surface area contributed by atoms with Crippen molar-refractivity contribution in [3.63, 3.8) is 0 Å². The molecule has 4 nitrogen and oxygen atoms in total. The molecule has 3 aromatic rings. The first-order valence-electron chi connectivity index (χ1n) is 4.87. The molecule has 0 spiro atoms. The molecule has 0 aliphatic rings. The van der Waals surface area contributed by atoms with Gasteiger partial charge in [0.25, 0.3) is 5.52 Å². The van der Waals surface area contributed by atoms with Crippen molar-refractivity contribution in [1.82, 2.24) is 4.98 Å². The molecule has 16 heavy (non-hydrogen) atoms. The SMILES string of the molecule is [O-][n+]1c2ccccc2nc2cccc(O)c21. The predicted molar refractivity (Wildman–Crippen MR) is 59.9 cm³/mol. The minimum atomic E-state index is -0.0502. The molecule has 1 heterocycles. The minimum Gasteiger partial charge on any atom is -0.618 e. The molecule has 0 saturated heterocycles. The van der Waals surface area contributed by atoms with Crippen molar-refractivity contribution in [2.75, 3.05) is 0 Å². The van der Waals surface area contributed by atoms with Crippen LogP contribution >= 0.6 is 0 Å². The van der Waals surface area contributed by atoms with E-state index in [1.54, 1.807) is 30.3 Å². The molecule has 0 radical (unpaired) electrons. The van der Waals surface area contributed by atoms with Crippen LogP contribution < -0.4 is 4.73 Å². The predicted octanol–water partition coefficient (Wildman–Crippen LogP) is 1.73. The van der Waals surface area contributed by atoms with E-state index in [1.165, 1.54) is 6.07 Å². The van der Waals surface area contributed by atoms with Crippen LogP contribution in [0.5, 0.6) is 5.75 Å². The summed E-state index contributed by atoms with van der Waals surface area (Å²) >= 11 is 0. The largest absolute Gasteiger partial charge is 0.618 e. The highest BCUT2D eigenvalue weighted by atomic mass is 16.5. The highest BCUT2D eigenvalue weighted by Crippen LogP contribution is 2.21. The molecular formula is C12H8N2O2. The second-order valence-corrected chi connectivity index (χ2v) is 3.54. The Bertz CT molecular complexity index is 695. The molecule has 4 heteroatoms. The number of aromatic nitrogens is 2. The number of phenols is 1. The fourth-order valence-electron chi connectivity index (χ4n) is 1.80. The summed E-state index contributed by atoms with van der Waals surface area (Å²) in [4.78, 5) is 4.32. The number of nitrogens with zero attached hydrogens (tertiary/aromatic N) is 2. The molecule has 0 bridgehead atoms. The molecule has 0 fully saturated rings. The third kappa shape index (κ3) is 1.10. The Labute approximate surface area is 91.0 Å². The Morgan fingerprint density at radius 3 is 2.62 bits per heavy atom. The lowest BCUT2D eigenvalue weighted by atomic mass is 10.2. The zero-order valence-electron chi connectivity index (χ0n) is 8.29. The Kier molecular flexibility index (Phi) is 1.71. The Morgan fingerprint density at radius 1 is 1.00 bits per heavy atom. The fourth-order valence-corrected chi connectivity index (χ4v) is 1.80. The quantitative estimate of drug-likeness (QED) is 0.350. The van der Waals surface area contributed by atoms with Crippen molar-refractivity contribution < 1.29 is 9.84 Å². The van der Waals surface area contributed by atoms with Crippen LogP contribution in [0.1, 0.15) is 0 Å². The van der Waals surface area contributed by atoms with Crippen molar-refractivity contribution in [2.24, 2.45) is 0 Å². The van der Waals surface area contributed by atoms with Crippen LogP contribution in [0, 0.1) is 5.21 Å². The number of benzene rings is 2. The first-order valence-corrected chi connectivity index (χ1v) is 4.87. The monoisotopic (exact) mass is 212 g/mol. The average molecular weight is 212 g/mol. The molecule has 1 aromatic heterocycles. The van der Waals surface area contributed by atoms with Gasteiger partial charge in [0, 0.05) is 6.07 Å². The molecule has 0 saturated carbocycles. The summed E-state index contributed by atoms with van der Waals surface area (Å²) in [7, 11) is 0. The van der Waals surface area contributed by atoms with Gasteiger partial charge in [-0.1, -0.05) is 18.2 Å². The van der Waals surface area contributed by atoms with E-state index in [0.717, 1.165) is 0 Å². The maximum absolute atomic E-state index is 12.0. The average Bonchev–Trinajstić information content (AvgIpc) is 2.29. The third-order valence-electron chi connectivity index (χ3n) is 2.54. The summed E-state index contributed by atoms with van der Waals surface area (Å²) in [5, 5.41) is 21.7. The molecule has 0 amide bonds. The minimum absolute atomic E-state index is 0.0502. The molecular weight excluding hydrogens is 204 g/mol.